The standard InChI is InChI=1S/C14H21NO2/c1-14(16,12-7-9-17-10-12)13-5-3-2-4-11(13)6-8-15/h2-5,12,16H,6-10,15H2,1H3. The lowest BCUT2D eigenvalue weighted by Gasteiger charge is -2.31. The van der Waals surface area contributed by atoms with Crippen LogP contribution in [0, 0.1) is 5.92 Å². The highest BCUT2D eigenvalue weighted by atomic mass is 16.5. The molecule has 1 heterocycles. The summed E-state index contributed by atoms with van der Waals surface area (Å²) in [4.78, 5) is 0. The van der Waals surface area contributed by atoms with Gasteiger partial charge in [0.2, 0.25) is 0 Å². The quantitative estimate of drug-likeness (QED) is 0.830. The van der Waals surface area contributed by atoms with Crippen molar-refractivity contribution in [2.75, 3.05) is 19.8 Å². The average molecular weight is 235 g/mol. The maximum atomic E-state index is 10.8. The van der Waals surface area contributed by atoms with E-state index in [0.717, 1.165) is 30.6 Å². The Morgan fingerprint density at radius 1 is 1.47 bits per heavy atom. The van der Waals surface area contributed by atoms with Gasteiger partial charge in [-0.15, -0.1) is 0 Å². The molecular formula is C14H21NO2. The van der Waals surface area contributed by atoms with Crippen molar-refractivity contribution in [3.05, 3.63) is 35.4 Å². The van der Waals surface area contributed by atoms with Crippen molar-refractivity contribution in [3.63, 3.8) is 0 Å². The van der Waals surface area contributed by atoms with E-state index < -0.39 is 5.60 Å². The molecule has 1 saturated heterocycles. The van der Waals surface area contributed by atoms with Crippen LogP contribution in [0.1, 0.15) is 24.5 Å². The van der Waals surface area contributed by atoms with E-state index in [1.807, 2.05) is 31.2 Å². The molecule has 2 atom stereocenters. The van der Waals surface area contributed by atoms with Crippen molar-refractivity contribution in [1.82, 2.24) is 0 Å². The summed E-state index contributed by atoms with van der Waals surface area (Å²) in [7, 11) is 0. The third kappa shape index (κ3) is 2.51. The van der Waals surface area contributed by atoms with Crippen molar-refractivity contribution in [1.29, 1.82) is 0 Å². The number of nitrogens with two attached hydrogens (primary N) is 1. The molecule has 0 aromatic heterocycles. The van der Waals surface area contributed by atoms with Crippen molar-refractivity contribution in [3.8, 4) is 0 Å². The third-order valence-corrected chi connectivity index (χ3v) is 3.70. The number of rotatable bonds is 4. The van der Waals surface area contributed by atoms with Gasteiger partial charge in [0.1, 0.15) is 0 Å². The predicted molar refractivity (Wildman–Crippen MR) is 67.7 cm³/mol. The summed E-state index contributed by atoms with van der Waals surface area (Å²) >= 11 is 0. The van der Waals surface area contributed by atoms with Crippen LogP contribution in [0.4, 0.5) is 0 Å². The second-order valence-electron chi connectivity index (χ2n) is 4.90. The van der Waals surface area contributed by atoms with Crippen LogP contribution < -0.4 is 5.73 Å². The highest BCUT2D eigenvalue weighted by Gasteiger charge is 2.37. The molecular weight excluding hydrogens is 214 g/mol. The van der Waals surface area contributed by atoms with Crippen LogP contribution in [0.5, 0.6) is 0 Å². The monoisotopic (exact) mass is 235 g/mol. The zero-order valence-electron chi connectivity index (χ0n) is 10.4. The molecule has 94 valence electrons. The van der Waals surface area contributed by atoms with Crippen LogP contribution in [0.15, 0.2) is 24.3 Å². The summed E-state index contributed by atoms with van der Waals surface area (Å²) in [5.41, 5.74) is 6.95. The van der Waals surface area contributed by atoms with E-state index in [9.17, 15) is 5.11 Å². The van der Waals surface area contributed by atoms with Crippen molar-refractivity contribution >= 4 is 0 Å². The first-order valence-electron chi connectivity index (χ1n) is 6.25. The van der Waals surface area contributed by atoms with Crippen molar-refractivity contribution in [2.45, 2.75) is 25.4 Å². The third-order valence-electron chi connectivity index (χ3n) is 3.70. The summed E-state index contributed by atoms with van der Waals surface area (Å²) in [6.07, 6.45) is 1.73. The van der Waals surface area contributed by atoms with Crippen LogP contribution in [0.3, 0.4) is 0 Å². The first kappa shape index (κ1) is 12.6. The molecule has 0 radical (unpaired) electrons. The Balaban J connectivity index is 2.30. The van der Waals surface area contributed by atoms with E-state index in [4.69, 9.17) is 10.5 Å². The van der Waals surface area contributed by atoms with E-state index in [1.165, 1.54) is 0 Å². The molecule has 1 fully saturated rings. The Hall–Kier alpha value is -0.900. The molecule has 2 rings (SSSR count). The summed E-state index contributed by atoms with van der Waals surface area (Å²) in [5, 5.41) is 10.8. The first-order valence-corrected chi connectivity index (χ1v) is 6.25. The van der Waals surface area contributed by atoms with Gasteiger partial charge in [0.05, 0.1) is 12.2 Å². The van der Waals surface area contributed by atoms with Crippen LogP contribution >= 0.6 is 0 Å². The Bertz CT molecular complexity index is 370. The second kappa shape index (κ2) is 5.17. The van der Waals surface area contributed by atoms with Gasteiger partial charge in [-0.25, -0.2) is 0 Å². The predicted octanol–water partition coefficient (Wildman–Crippen LogP) is 1.43. The van der Waals surface area contributed by atoms with Gasteiger partial charge >= 0.3 is 0 Å². The fourth-order valence-electron chi connectivity index (χ4n) is 2.59. The lowest BCUT2D eigenvalue weighted by molar-refractivity contribution is -0.0104. The number of hydrogen-bond acceptors (Lipinski definition) is 3. The Labute approximate surface area is 103 Å². The van der Waals surface area contributed by atoms with E-state index in [2.05, 4.69) is 0 Å². The smallest absolute Gasteiger partial charge is 0.0922 e. The highest BCUT2D eigenvalue weighted by Crippen LogP contribution is 2.36. The largest absolute Gasteiger partial charge is 0.385 e. The molecule has 1 aliphatic heterocycles. The molecule has 17 heavy (non-hydrogen) atoms. The SMILES string of the molecule is CC(O)(c1ccccc1CCN)C1CCOC1. The summed E-state index contributed by atoms with van der Waals surface area (Å²) < 4.78 is 5.38. The van der Waals surface area contributed by atoms with Crippen LogP contribution in [0.25, 0.3) is 0 Å². The minimum atomic E-state index is -0.817. The first-order chi connectivity index (χ1) is 8.16. The Morgan fingerprint density at radius 3 is 2.88 bits per heavy atom. The molecule has 3 nitrogen and oxygen atoms in total. The zero-order chi connectivity index (χ0) is 12.3. The molecule has 1 aliphatic rings. The molecule has 0 spiro atoms. The zero-order valence-corrected chi connectivity index (χ0v) is 10.4. The van der Waals surface area contributed by atoms with Gasteiger partial charge in [0.25, 0.3) is 0 Å². The highest BCUT2D eigenvalue weighted by molar-refractivity contribution is 5.33. The van der Waals surface area contributed by atoms with Gasteiger partial charge in [-0.3, -0.25) is 0 Å². The van der Waals surface area contributed by atoms with E-state index in [-0.39, 0.29) is 5.92 Å². The van der Waals surface area contributed by atoms with Crippen molar-refractivity contribution in [2.24, 2.45) is 11.7 Å². The molecule has 0 saturated carbocycles. The van der Waals surface area contributed by atoms with E-state index in [1.54, 1.807) is 0 Å². The van der Waals surface area contributed by atoms with E-state index >= 15 is 0 Å². The maximum Gasteiger partial charge on any atom is 0.0922 e. The molecule has 3 heteroatoms. The molecule has 0 aliphatic carbocycles. The number of ether oxygens (including phenoxy) is 1. The van der Waals surface area contributed by atoms with Gasteiger partial charge in [-0.1, -0.05) is 24.3 Å². The number of benzene rings is 1. The van der Waals surface area contributed by atoms with Gasteiger partial charge in [0.15, 0.2) is 0 Å². The van der Waals surface area contributed by atoms with Crippen LogP contribution in [0.2, 0.25) is 0 Å². The van der Waals surface area contributed by atoms with Crippen LogP contribution in [-0.4, -0.2) is 24.9 Å². The molecule has 1 aromatic carbocycles. The lowest BCUT2D eigenvalue weighted by Crippen LogP contribution is -2.33. The molecule has 3 N–H and O–H groups in total. The molecule has 2 unspecified atom stereocenters. The van der Waals surface area contributed by atoms with Gasteiger partial charge < -0.3 is 15.6 Å². The summed E-state index contributed by atoms with van der Waals surface area (Å²) in [6.45, 7) is 3.89. The van der Waals surface area contributed by atoms with Gasteiger partial charge in [0, 0.05) is 12.5 Å². The topological polar surface area (TPSA) is 55.5 Å². The number of aliphatic hydroxyl groups is 1. The van der Waals surface area contributed by atoms with E-state index in [0.29, 0.717) is 13.2 Å². The lowest BCUT2D eigenvalue weighted by atomic mass is 9.80. The Morgan fingerprint density at radius 2 is 2.24 bits per heavy atom. The average Bonchev–Trinajstić information content (AvgIpc) is 2.84. The van der Waals surface area contributed by atoms with Crippen molar-refractivity contribution < 1.29 is 9.84 Å². The maximum absolute atomic E-state index is 10.8. The minimum absolute atomic E-state index is 0.182. The Kier molecular flexibility index (Phi) is 3.82. The fraction of sp³-hybridized carbons (Fsp3) is 0.571. The normalized spacial score (nSPS) is 23.6. The summed E-state index contributed by atoms with van der Waals surface area (Å²) in [5.74, 6) is 0.182. The van der Waals surface area contributed by atoms with Gasteiger partial charge in [-0.05, 0) is 37.4 Å². The fourth-order valence-corrected chi connectivity index (χ4v) is 2.59. The molecule has 0 amide bonds. The summed E-state index contributed by atoms with van der Waals surface area (Å²) in [6, 6.07) is 8.02. The molecule has 0 bridgehead atoms. The molecule has 1 aromatic rings. The number of hydrogen-bond donors (Lipinski definition) is 2. The second-order valence-corrected chi connectivity index (χ2v) is 4.90. The minimum Gasteiger partial charge on any atom is -0.385 e. The van der Waals surface area contributed by atoms with Crippen LogP contribution in [-0.2, 0) is 16.8 Å². The van der Waals surface area contributed by atoms with Gasteiger partial charge in [-0.2, -0.15) is 0 Å².